The van der Waals surface area contributed by atoms with Crippen LogP contribution >= 0.6 is 0 Å². The molecule has 11 heteroatoms. The highest BCUT2D eigenvalue weighted by atomic mass is 19.4. The van der Waals surface area contributed by atoms with Gasteiger partial charge in [-0.3, -0.25) is 4.79 Å². The van der Waals surface area contributed by atoms with Crippen LogP contribution in [0.2, 0.25) is 0 Å². The summed E-state index contributed by atoms with van der Waals surface area (Å²) in [6.07, 6.45) is 2.99. The highest BCUT2D eigenvalue weighted by Gasteiger charge is 2.35. The largest absolute Gasteiger partial charge is 0.416 e. The summed E-state index contributed by atoms with van der Waals surface area (Å²) in [6, 6.07) is 13.7. The van der Waals surface area contributed by atoms with Crippen LogP contribution in [0.25, 0.3) is 38.8 Å². The average Bonchev–Trinajstić information content (AvgIpc) is 3.61. The molecule has 0 aliphatic rings. The number of rotatable bonds is 6. The van der Waals surface area contributed by atoms with Crippen molar-refractivity contribution in [3.8, 4) is 16.8 Å². The second-order valence-electron chi connectivity index (χ2n) is 9.67. The van der Waals surface area contributed by atoms with Crippen LogP contribution in [0.15, 0.2) is 79.8 Å². The molecule has 0 atom stereocenters. The van der Waals surface area contributed by atoms with Crippen LogP contribution in [0.1, 0.15) is 27.0 Å². The van der Waals surface area contributed by atoms with Crippen LogP contribution in [0.3, 0.4) is 0 Å². The first-order valence-corrected chi connectivity index (χ1v) is 12.7. The fourth-order valence-corrected chi connectivity index (χ4v) is 5.05. The molecule has 6 rings (SSSR count). The summed E-state index contributed by atoms with van der Waals surface area (Å²) in [7, 11) is 1.57. The number of aromatic nitrogens is 5. The first kappa shape index (κ1) is 26.2. The molecule has 0 spiro atoms. The summed E-state index contributed by atoms with van der Waals surface area (Å²) in [5, 5.41) is 7.48. The molecule has 41 heavy (non-hydrogen) atoms. The number of carbonyl (C=O) groups excluding carboxylic acids is 1. The lowest BCUT2D eigenvalue weighted by Crippen LogP contribution is -2.20. The minimum absolute atomic E-state index is 0.0190. The molecule has 3 aromatic heterocycles. The molecule has 3 heterocycles. The Morgan fingerprint density at radius 3 is 2.66 bits per heavy atom. The fourth-order valence-electron chi connectivity index (χ4n) is 5.05. The highest BCUT2D eigenvalue weighted by molar-refractivity contribution is 6.07. The number of nitrogens with zero attached hydrogens (tertiary/aromatic N) is 4. The number of halogens is 3. The van der Waals surface area contributed by atoms with Gasteiger partial charge in [-0.25, -0.2) is 15.0 Å². The minimum atomic E-state index is -4.67. The summed E-state index contributed by atoms with van der Waals surface area (Å²) < 4.78 is 43.9. The Hall–Kier alpha value is -5.03. The van der Waals surface area contributed by atoms with Crippen molar-refractivity contribution < 1.29 is 18.0 Å². The Kier molecular flexibility index (Phi) is 6.50. The van der Waals surface area contributed by atoms with Crippen LogP contribution in [0.4, 0.5) is 18.9 Å². The van der Waals surface area contributed by atoms with Gasteiger partial charge in [0.15, 0.2) is 0 Å². The van der Waals surface area contributed by atoms with E-state index in [4.69, 9.17) is 0 Å². The summed E-state index contributed by atoms with van der Waals surface area (Å²) in [4.78, 5) is 29.0. The molecule has 6 aromatic rings. The summed E-state index contributed by atoms with van der Waals surface area (Å²) in [6.45, 7) is 1.91. The van der Waals surface area contributed by atoms with E-state index in [2.05, 4.69) is 30.6 Å². The van der Waals surface area contributed by atoms with E-state index < -0.39 is 17.6 Å². The molecule has 0 aliphatic heterocycles. The van der Waals surface area contributed by atoms with Crippen LogP contribution in [-0.4, -0.2) is 37.5 Å². The molecule has 0 saturated heterocycles. The lowest BCUT2D eigenvalue weighted by Gasteiger charge is -2.19. The maximum absolute atomic E-state index is 14.1. The van der Waals surface area contributed by atoms with E-state index in [0.717, 1.165) is 44.7 Å². The number of carbonyl (C=O) groups is 1. The predicted molar refractivity (Wildman–Crippen MR) is 151 cm³/mol. The maximum atomic E-state index is 14.1. The number of hydrogen-bond acceptors (Lipinski definition) is 5. The fraction of sp³-hybridized carbons (Fsp3) is 0.133. The number of imidazole rings is 1. The van der Waals surface area contributed by atoms with E-state index in [1.165, 1.54) is 29.5 Å². The third kappa shape index (κ3) is 4.91. The minimum Gasteiger partial charge on any atom is -0.339 e. The third-order valence-corrected chi connectivity index (χ3v) is 7.01. The van der Waals surface area contributed by atoms with Gasteiger partial charge in [0, 0.05) is 58.2 Å². The topological polar surface area (TPSA) is 101 Å². The van der Waals surface area contributed by atoms with Gasteiger partial charge in [-0.05, 0) is 61.0 Å². The Balaban J connectivity index is 1.37. The van der Waals surface area contributed by atoms with Gasteiger partial charge in [-0.2, -0.15) is 13.2 Å². The summed E-state index contributed by atoms with van der Waals surface area (Å²) >= 11 is 0. The Morgan fingerprint density at radius 2 is 1.90 bits per heavy atom. The van der Waals surface area contributed by atoms with Gasteiger partial charge in [0.25, 0.3) is 5.91 Å². The van der Waals surface area contributed by atoms with Crippen LogP contribution in [0.5, 0.6) is 0 Å². The van der Waals surface area contributed by atoms with E-state index in [0.29, 0.717) is 5.69 Å². The molecular weight excluding hydrogens is 531 g/mol. The molecule has 1 amide bonds. The van der Waals surface area contributed by atoms with E-state index >= 15 is 0 Å². The number of aryl methyl sites for hydroxylation is 1. The molecule has 0 unspecified atom stereocenters. The highest BCUT2D eigenvalue weighted by Crippen LogP contribution is 2.36. The first-order chi connectivity index (χ1) is 19.7. The van der Waals surface area contributed by atoms with E-state index in [9.17, 15) is 18.0 Å². The number of benzene rings is 3. The Morgan fingerprint density at radius 1 is 1.05 bits per heavy atom. The molecule has 3 N–H and O–H groups in total. The molecular formula is C30H24F3N7O. The number of anilines is 1. The quantitative estimate of drug-likeness (QED) is 0.225. The molecule has 0 saturated carbocycles. The number of aromatic amines is 1. The molecule has 0 radical (unpaired) electrons. The van der Waals surface area contributed by atoms with Crippen molar-refractivity contribution in [2.45, 2.75) is 19.6 Å². The van der Waals surface area contributed by atoms with Crippen molar-refractivity contribution >= 4 is 33.5 Å². The molecule has 8 nitrogen and oxygen atoms in total. The zero-order chi connectivity index (χ0) is 28.7. The number of alkyl halides is 3. The second kappa shape index (κ2) is 10.2. The van der Waals surface area contributed by atoms with Gasteiger partial charge >= 0.3 is 6.18 Å². The SMILES string of the molecule is CNCc1c(-n2ccnc2)cc(C(=O)Nc2ccc(C)c(-c3ccc4c(c3)[nH]c3ncncc34)c2)cc1C(F)(F)F. The van der Waals surface area contributed by atoms with Crippen molar-refractivity contribution in [3.05, 3.63) is 102 Å². The van der Waals surface area contributed by atoms with Crippen molar-refractivity contribution in [1.82, 2.24) is 29.8 Å². The first-order valence-electron chi connectivity index (χ1n) is 12.7. The lowest BCUT2D eigenvalue weighted by molar-refractivity contribution is -0.138. The van der Waals surface area contributed by atoms with Gasteiger partial charge in [-0.1, -0.05) is 18.2 Å². The number of amides is 1. The number of hydrogen-bond donors (Lipinski definition) is 3. The second-order valence-corrected chi connectivity index (χ2v) is 9.67. The van der Waals surface area contributed by atoms with E-state index in [1.807, 2.05) is 37.3 Å². The van der Waals surface area contributed by atoms with Gasteiger partial charge < -0.3 is 20.2 Å². The Labute approximate surface area is 232 Å². The zero-order valence-electron chi connectivity index (χ0n) is 22.0. The molecule has 206 valence electrons. The predicted octanol–water partition coefficient (Wildman–Crippen LogP) is 6.26. The van der Waals surface area contributed by atoms with Gasteiger partial charge in [0.2, 0.25) is 0 Å². The summed E-state index contributed by atoms with van der Waals surface area (Å²) in [5.74, 6) is -0.660. The van der Waals surface area contributed by atoms with Crippen molar-refractivity contribution in [3.63, 3.8) is 0 Å². The third-order valence-electron chi connectivity index (χ3n) is 7.01. The monoisotopic (exact) mass is 555 g/mol. The van der Waals surface area contributed by atoms with Crippen LogP contribution in [0, 0.1) is 6.92 Å². The molecule has 0 bridgehead atoms. The molecule has 0 aliphatic carbocycles. The van der Waals surface area contributed by atoms with Gasteiger partial charge in [-0.15, -0.1) is 0 Å². The molecule has 3 aromatic carbocycles. The van der Waals surface area contributed by atoms with Crippen molar-refractivity contribution in [1.29, 1.82) is 0 Å². The van der Waals surface area contributed by atoms with Crippen molar-refractivity contribution in [2.24, 2.45) is 0 Å². The normalized spacial score (nSPS) is 11.8. The number of H-pyrrole nitrogens is 1. The molecule has 0 fully saturated rings. The summed E-state index contributed by atoms with van der Waals surface area (Å²) in [5.41, 5.74) is 4.06. The standard InChI is InChI=1S/C30H24F3N7O/c1-17-3-5-20(12-22(17)18-4-6-21-23-14-36-15-37-28(23)39-26(21)10-18)38-29(41)19-9-25(30(31,32)33)24(13-34-2)27(11-19)40-8-7-35-16-40/h3-12,14-16,34H,13H2,1-2H3,(H,38,41)(H,36,37,39). The van der Waals surface area contributed by atoms with Gasteiger partial charge in [0.1, 0.15) is 12.0 Å². The zero-order valence-corrected chi connectivity index (χ0v) is 22.0. The smallest absolute Gasteiger partial charge is 0.339 e. The van der Waals surface area contributed by atoms with Gasteiger partial charge in [0.05, 0.1) is 17.6 Å². The lowest BCUT2D eigenvalue weighted by atomic mass is 9.98. The number of nitrogens with one attached hydrogen (secondary N) is 3. The average molecular weight is 556 g/mol. The Bertz CT molecular complexity index is 1910. The van der Waals surface area contributed by atoms with E-state index in [-0.39, 0.29) is 23.4 Å². The maximum Gasteiger partial charge on any atom is 0.416 e. The van der Waals surface area contributed by atoms with E-state index in [1.54, 1.807) is 25.5 Å². The number of fused-ring (bicyclic) bond motifs is 3. The van der Waals surface area contributed by atoms with Crippen LogP contribution < -0.4 is 10.6 Å². The van der Waals surface area contributed by atoms with Crippen LogP contribution in [-0.2, 0) is 12.7 Å². The van der Waals surface area contributed by atoms with Crippen molar-refractivity contribution in [2.75, 3.05) is 12.4 Å².